The second kappa shape index (κ2) is 10.3. The SMILES string of the molecule is CC.CCCC(O)CCNCc1cccc(-c2ccc3c(c2)N3C)c1NC. The van der Waals surface area contributed by atoms with Crippen molar-refractivity contribution >= 4 is 17.1 Å². The van der Waals surface area contributed by atoms with Gasteiger partial charge in [-0.1, -0.05) is 51.5 Å². The van der Waals surface area contributed by atoms with Crippen LogP contribution in [0, 0.1) is 0 Å². The second-order valence-corrected chi connectivity index (χ2v) is 6.76. The van der Waals surface area contributed by atoms with E-state index in [9.17, 15) is 5.11 Å². The van der Waals surface area contributed by atoms with Crippen molar-refractivity contribution in [1.82, 2.24) is 5.32 Å². The standard InChI is InChI=1S/C21H29N3O.C2H6/c1-4-6-17(25)11-12-23-14-16-7-5-8-18(21(16)22-2)15-9-10-19-20(13-15)24(19)3;1-2/h5,7-10,13,17,22-23,25H,4,6,11-12,14H2,1-3H3;1-2H3. The van der Waals surface area contributed by atoms with Gasteiger partial charge in [0.1, 0.15) is 0 Å². The summed E-state index contributed by atoms with van der Waals surface area (Å²) in [6, 6.07) is 13.1. The number of aliphatic hydroxyl groups is 1. The lowest BCUT2D eigenvalue weighted by atomic mass is 10.00. The molecule has 0 aromatic heterocycles. The highest BCUT2D eigenvalue weighted by Gasteiger charge is 2.25. The lowest BCUT2D eigenvalue weighted by Gasteiger charge is -2.16. The average Bonchev–Trinajstić information content (AvgIpc) is 3.36. The van der Waals surface area contributed by atoms with Gasteiger partial charge in [0.05, 0.1) is 17.5 Å². The number of rotatable bonds is 9. The molecule has 4 nitrogen and oxygen atoms in total. The lowest BCUT2D eigenvalue weighted by molar-refractivity contribution is 0.153. The molecule has 1 aliphatic heterocycles. The van der Waals surface area contributed by atoms with Crippen molar-refractivity contribution in [3.8, 4) is 11.1 Å². The number of hydrogen-bond donors (Lipinski definition) is 3. The Morgan fingerprint density at radius 2 is 1.85 bits per heavy atom. The third kappa shape index (κ3) is 5.24. The predicted octanol–water partition coefficient (Wildman–Crippen LogP) is 5.14. The largest absolute Gasteiger partial charge is 0.393 e. The van der Waals surface area contributed by atoms with Gasteiger partial charge >= 0.3 is 0 Å². The van der Waals surface area contributed by atoms with Crippen molar-refractivity contribution in [3.63, 3.8) is 0 Å². The third-order valence-electron chi connectivity index (χ3n) is 4.95. The molecule has 4 heteroatoms. The first-order chi connectivity index (χ1) is 13.2. The molecule has 0 fully saturated rings. The summed E-state index contributed by atoms with van der Waals surface area (Å²) in [4.78, 5) is 2.20. The van der Waals surface area contributed by atoms with Gasteiger partial charge < -0.3 is 20.6 Å². The van der Waals surface area contributed by atoms with E-state index in [-0.39, 0.29) is 6.10 Å². The Morgan fingerprint density at radius 1 is 1.07 bits per heavy atom. The first kappa shape index (κ1) is 21.3. The minimum Gasteiger partial charge on any atom is -0.393 e. The minimum atomic E-state index is -0.192. The van der Waals surface area contributed by atoms with Gasteiger partial charge in [0.25, 0.3) is 0 Å². The van der Waals surface area contributed by atoms with Crippen molar-refractivity contribution in [1.29, 1.82) is 0 Å². The van der Waals surface area contributed by atoms with E-state index < -0.39 is 0 Å². The summed E-state index contributed by atoms with van der Waals surface area (Å²) >= 11 is 0. The molecule has 0 saturated carbocycles. The van der Waals surface area contributed by atoms with Crippen LogP contribution in [0.15, 0.2) is 36.4 Å². The molecule has 1 heterocycles. The molecule has 1 atom stereocenters. The molecule has 0 radical (unpaired) electrons. The highest BCUT2D eigenvalue weighted by atomic mass is 16.3. The van der Waals surface area contributed by atoms with E-state index in [4.69, 9.17) is 0 Å². The first-order valence-electron chi connectivity index (χ1n) is 10.2. The molecule has 1 unspecified atom stereocenters. The Bertz CT molecular complexity index is 730. The minimum absolute atomic E-state index is 0.192. The molecule has 1 aliphatic rings. The van der Waals surface area contributed by atoms with Gasteiger partial charge in [0.2, 0.25) is 0 Å². The van der Waals surface area contributed by atoms with E-state index in [2.05, 4.69) is 65.9 Å². The Kier molecular flexibility index (Phi) is 8.14. The van der Waals surface area contributed by atoms with E-state index in [0.29, 0.717) is 0 Å². The van der Waals surface area contributed by atoms with E-state index in [1.54, 1.807) is 0 Å². The number of aliphatic hydroxyl groups excluding tert-OH is 1. The van der Waals surface area contributed by atoms with Crippen LogP contribution >= 0.6 is 0 Å². The number of nitrogens with zero attached hydrogens (tertiary/aromatic N) is 1. The van der Waals surface area contributed by atoms with E-state index in [1.165, 1.54) is 33.8 Å². The van der Waals surface area contributed by atoms with Crippen molar-refractivity contribution in [2.75, 3.05) is 30.9 Å². The molecule has 148 valence electrons. The molecule has 0 saturated heterocycles. The highest BCUT2D eigenvalue weighted by molar-refractivity contribution is 5.96. The van der Waals surface area contributed by atoms with Crippen LogP contribution in [0.3, 0.4) is 0 Å². The molecular weight excluding hydrogens is 334 g/mol. The summed E-state index contributed by atoms with van der Waals surface area (Å²) in [5.41, 5.74) is 7.53. The lowest BCUT2D eigenvalue weighted by Crippen LogP contribution is -2.20. The van der Waals surface area contributed by atoms with E-state index >= 15 is 0 Å². The summed E-state index contributed by atoms with van der Waals surface area (Å²) < 4.78 is 0. The predicted molar refractivity (Wildman–Crippen MR) is 118 cm³/mol. The number of nitrogens with one attached hydrogen (secondary N) is 2. The van der Waals surface area contributed by atoms with Gasteiger partial charge in [-0.3, -0.25) is 0 Å². The van der Waals surface area contributed by atoms with Crippen LogP contribution in [0.5, 0.6) is 0 Å². The van der Waals surface area contributed by atoms with Crippen LogP contribution in [0.4, 0.5) is 17.1 Å². The summed E-state index contributed by atoms with van der Waals surface area (Å²) in [5.74, 6) is 0. The fourth-order valence-corrected chi connectivity index (χ4v) is 3.43. The van der Waals surface area contributed by atoms with Gasteiger partial charge in [-0.15, -0.1) is 0 Å². The molecule has 2 aromatic carbocycles. The Morgan fingerprint density at radius 3 is 2.52 bits per heavy atom. The Labute approximate surface area is 164 Å². The maximum Gasteiger partial charge on any atom is 0.0656 e. The number of hydrogen-bond acceptors (Lipinski definition) is 4. The van der Waals surface area contributed by atoms with Gasteiger partial charge in [-0.05, 0) is 42.6 Å². The fraction of sp³-hybridized carbons (Fsp3) is 0.478. The summed E-state index contributed by atoms with van der Waals surface area (Å²) in [7, 11) is 4.08. The third-order valence-corrected chi connectivity index (χ3v) is 4.95. The van der Waals surface area contributed by atoms with Crippen molar-refractivity contribution in [2.24, 2.45) is 0 Å². The number of para-hydroxylation sites is 1. The highest BCUT2D eigenvalue weighted by Crippen LogP contribution is 2.48. The summed E-state index contributed by atoms with van der Waals surface area (Å²) in [6.45, 7) is 7.74. The molecule has 3 rings (SSSR count). The normalized spacial score (nSPS) is 12.7. The fourth-order valence-electron chi connectivity index (χ4n) is 3.43. The summed E-state index contributed by atoms with van der Waals surface area (Å²) in [6.07, 6.45) is 2.53. The van der Waals surface area contributed by atoms with Crippen molar-refractivity contribution in [2.45, 2.75) is 52.7 Å². The summed E-state index contributed by atoms with van der Waals surface area (Å²) in [5, 5.41) is 16.7. The average molecular weight is 370 g/mol. The van der Waals surface area contributed by atoms with Gasteiger partial charge in [-0.25, -0.2) is 0 Å². The first-order valence-corrected chi connectivity index (χ1v) is 10.2. The van der Waals surface area contributed by atoms with Crippen LogP contribution in [0.2, 0.25) is 0 Å². The monoisotopic (exact) mass is 369 g/mol. The van der Waals surface area contributed by atoms with Crippen molar-refractivity contribution < 1.29 is 5.11 Å². The van der Waals surface area contributed by atoms with Crippen LogP contribution in [0.1, 0.15) is 45.6 Å². The zero-order valence-corrected chi connectivity index (χ0v) is 17.5. The molecule has 3 N–H and O–H groups in total. The quantitative estimate of drug-likeness (QED) is 0.423. The topological polar surface area (TPSA) is 47.3 Å². The van der Waals surface area contributed by atoms with Crippen LogP contribution < -0.4 is 15.5 Å². The zero-order valence-electron chi connectivity index (χ0n) is 17.5. The second-order valence-electron chi connectivity index (χ2n) is 6.76. The molecule has 2 aromatic rings. The van der Waals surface area contributed by atoms with Gasteiger partial charge in [0.15, 0.2) is 0 Å². The van der Waals surface area contributed by atoms with Gasteiger partial charge in [-0.2, -0.15) is 0 Å². The Hall–Kier alpha value is -2.04. The molecule has 0 amide bonds. The Balaban J connectivity index is 0.00000126. The molecular formula is C23H35N3O. The molecule has 0 spiro atoms. The van der Waals surface area contributed by atoms with Crippen LogP contribution in [0.25, 0.3) is 11.1 Å². The van der Waals surface area contributed by atoms with E-state index in [0.717, 1.165) is 32.4 Å². The molecule has 0 aliphatic carbocycles. The van der Waals surface area contributed by atoms with E-state index in [1.807, 2.05) is 20.9 Å². The van der Waals surface area contributed by atoms with Crippen molar-refractivity contribution in [3.05, 3.63) is 42.0 Å². The van der Waals surface area contributed by atoms with Crippen LogP contribution in [-0.4, -0.2) is 31.9 Å². The molecule has 27 heavy (non-hydrogen) atoms. The smallest absolute Gasteiger partial charge is 0.0656 e. The molecule has 0 bridgehead atoms. The maximum absolute atomic E-state index is 9.84. The number of fused-ring (bicyclic) bond motifs is 1. The number of benzene rings is 2. The zero-order chi connectivity index (χ0) is 19.8. The van der Waals surface area contributed by atoms with Gasteiger partial charge in [0, 0.05) is 31.9 Å². The van der Waals surface area contributed by atoms with Crippen LogP contribution in [-0.2, 0) is 6.54 Å². The number of anilines is 3. The maximum atomic E-state index is 9.84.